The van der Waals surface area contributed by atoms with Crippen LogP contribution in [0.25, 0.3) is 0 Å². The van der Waals surface area contributed by atoms with Crippen molar-refractivity contribution in [3.8, 4) is 6.07 Å². The second kappa shape index (κ2) is 11.2. The summed E-state index contributed by atoms with van der Waals surface area (Å²) in [6, 6.07) is 10.4. The Morgan fingerprint density at radius 1 is 1.38 bits per heavy atom. The summed E-state index contributed by atoms with van der Waals surface area (Å²) < 4.78 is 11.2. The van der Waals surface area contributed by atoms with E-state index < -0.39 is 11.7 Å². The zero-order chi connectivity index (χ0) is 21.3. The van der Waals surface area contributed by atoms with Crippen molar-refractivity contribution >= 4 is 6.09 Å². The van der Waals surface area contributed by atoms with E-state index in [9.17, 15) is 4.79 Å². The predicted octanol–water partition coefficient (Wildman–Crippen LogP) is 4.46. The monoisotopic (exact) mass is 401 g/mol. The number of benzene rings is 1. The number of hydrogen-bond donors (Lipinski definition) is 2. The number of fused-ring (bicyclic) bond motifs is 2. The average molecular weight is 402 g/mol. The number of carbonyl (C=O) groups excluding carboxylic acids is 1. The van der Waals surface area contributed by atoms with Crippen LogP contribution in [0.2, 0.25) is 0 Å². The topological polar surface area (TPSA) is 83.4 Å². The van der Waals surface area contributed by atoms with Crippen LogP contribution in [0.4, 0.5) is 4.79 Å². The Labute approximate surface area is 175 Å². The fraction of sp³-hybridized carbons (Fsp3) is 0.652. The van der Waals surface area contributed by atoms with E-state index in [0.717, 1.165) is 36.8 Å². The van der Waals surface area contributed by atoms with E-state index in [2.05, 4.69) is 41.8 Å². The molecule has 2 bridgehead atoms. The van der Waals surface area contributed by atoms with Gasteiger partial charge < -0.3 is 14.8 Å². The van der Waals surface area contributed by atoms with Gasteiger partial charge in [-0.05, 0) is 57.1 Å². The number of amides is 1. The standard InChI is InChI=1S/C23H35N3O3/c1-17-7-5-10-21(26-22(27)29-23(2,3)4)19-9-6-8-18(13-19)14-20(11-12-24)25-16-28-15-17/h6,8-9,13,17,20-21,25H,5,7,10-11,14-16H2,1-4H3,(H,26,27)/t17-,20?,21+/m1/s1. The quantitative estimate of drug-likeness (QED) is 0.764. The molecule has 1 aromatic rings. The molecule has 2 rings (SSSR count). The van der Waals surface area contributed by atoms with E-state index in [-0.39, 0.29) is 12.1 Å². The van der Waals surface area contributed by atoms with Gasteiger partial charge in [-0.3, -0.25) is 5.32 Å². The summed E-state index contributed by atoms with van der Waals surface area (Å²) in [4.78, 5) is 12.4. The molecule has 1 amide bonds. The summed E-state index contributed by atoms with van der Waals surface area (Å²) in [5.41, 5.74) is 1.68. The molecule has 1 aromatic carbocycles. The van der Waals surface area contributed by atoms with Crippen molar-refractivity contribution < 1.29 is 14.3 Å². The van der Waals surface area contributed by atoms with Crippen molar-refractivity contribution in [2.45, 2.75) is 77.5 Å². The van der Waals surface area contributed by atoms with Crippen LogP contribution in [-0.4, -0.2) is 31.1 Å². The average Bonchev–Trinajstić information content (AvgIpc) is 2.62. The molecule has 2 N–H and O–H groups in total. The third-order valence-electron chi connectivity index (χ3n) is 4.93. The molecule has 1 heterocycles. The van der Waals surface area contributed by atoms with Crippen LogP contribution in [0.15, 0.2) is 24.3 Å². The van der Waals surface area contributed by atoms with Gasteiger partial charge in [-0.1, -0.05) is 37.6 Å². The maximum Gasteiger partial charge on any atom is 0.408 e. The predicted molar refractivity (Wildman–Crippen MR) is 113 cm³/mol. The van der Waals surface area contributed by atoms with Crippen LogP contribution in [0, 0.1) is 17.2 Å². The molecule has 0 fully saturated rings. The first-order valence-electron chi connectivity index (χ1n) is 10.5. The molecule has 29 heavy (non-hydrogen) atoms. The minimum Gasteiger partial charge on any atom is -0.444 e. The zero-order valence-electron chi connectivity index (χ0n) is 18.2. The molecule has 6 heteroatoms. The second-order valence-corrected chi connectivity index (χ2v) is 8.96. The highest BCUT2D eigenvalue weighted by Gasteiger charge is 2.21. The van der Waals surface area contributed by atoms with Crippen LogP contribution in [0.5, 0.6) is 0 Å². The first-order chi connectivity index (χ1) is 13.8. The largest absolute Gasteiger partial charge is 0.444 e. The number of rotatable bonds is 2. The summed E-state index contributed by atoms with van der Waals surface area (Å²) in [6.45, 7) is 8.91. The molecular weight excluding hydrogens is 366 g/mol. The Morgan fingerprint density at radius 3 is 2.90 bits per heavy atom. The molecule has 160 valence electrons. The van der Waals surface area contributed by atoms with Gasteiger partial charge in [0.2, 0.25) is 0 Å². The van der Waals surface area contributed by atoms with Crippen molar-refractivity contribution in [1.29, 1.82) is 5.26 Å². The Balaban J connectivity index is 2.21. The van der Waals surface area contributed by atoms with Gasteiger partial charge in [-0.15, -0.1) is 0 Å². The van der Waals surface area contributed by atoms with Crippen molar-refractivity contribution in [2.75, 3.05) is 13.3 Å². The van der Waals surface area contributed by atoms with Gasteiger partial charge in [0.25, 0.3) is 0 Å². The van der Waals surface area contributed by atoms with Crippen LogP contribution in [0.3, 0.4) is 0 Å². The highest BCUT2D eigenvalue weighted by molar-refractivity contribution is 5.68. The van der Waals surface area contributed by atoms with Crippen molar-refractivity contribution in [2.24, 2.45) is 5.92 Å². The Kier molecular flexibility index (Phi) is 8.94. The molecule has 6 nitrogen and oxygen atoms in total. The van der Waals surface area contributed by atoms with Gasteiger partial charge in [0.1, 0.15) is 5.60 Å². The lowest BCUT2D eigenvalue weighted by Crippen LogP contribution is -2.35. The van der Waals surface area contributed by atoms with E-state index in [1.54, 1.807) is 0 Å². The lowest BCUT2D eigenvalue weighted by atomic mass is 9.94. The van der Waals surface area contributed by atoms with Gasteiger partial charge >= 0.3 is 6.09 Å². The number of hydrogen-bond acceptors (Lipinski definition) is 5. The van der Waals surface area contributed by atoms with E-state index in [1.165, 1.54) is 0 Å². The van der Waals surface area contributed by atoms with Gasteiger partial charge in [0.15, 0.2) is 0 Å². The van der Waals surface area contributed by atoms with Gasteiger partial charge in [-0.2, -0.15) is 5.26 Å². The minimum atomic E-state index is -0.532. The SMILES string of the molecule is C[C@@H]1CCC[C@H](NC(=O)OC(C)(C)C)c2cccc(c2)CC(CC#N)NCOC1. The van der Waals surface area contributed by atoms with E-state index in [0.29, 0.717) is 25.7 Å². The van der Waals surface area contributed by atoms with E-state index in [4.69, 9.17) is 14.7 Å². The molecule has 3 atom stereocenters. The van der Waals surface area contributed by atoms with Gasteiger partial charge in [0.05, 0.1) is 31.9 Å². The molecule has 1 unspecified atom stereocenters. The summed E-state index contributed by atoms with van der Waals surface area (Å²) in [5, 5.41) is 15.5. The van der Waals surface area contributed by atoms with Crippen LogP contribution in [-0.2, 0) is 15.9 Å². The second-order valence-electron chi connectivity index (χ2n) is 8.96. The Hall–Kier alpha value is -2.10. The van der Waals surface area contributed by atoms with Gasteiger partial charge in [-0.25, -0.2) is 4.79 Å². The lowest BCUT2D eigenvalue weighted by Gasteiger charge is -2.25. The zero-order valence-corrected chi connectivity index (χ0v) is 18.2. The third-order valence-corrected chi connectivity index (χ3v) is 4.93. The number of alkyl carbamates (subject to hydrolysis) is 1. The smallest absolute Gasteiger partial charge is 0.408 e. The molecule has 1 aliphatic heterocycles. The Bertz CT molecular complexity index is 693. The van der Waals surface area contributed by atoms with Crippen molar-refractivity contribution in [3.05, 3.63) is 35.4 Å². The number of nitrogens with one attached hydrogen (secondary N) is 2. The lowest BCUT2D eigenvalue weighted by molar-refractivity contribution is 0.0498. The highest BCUT2D eigenvalue weighted by Crippen LogP contribution is 2.24. The summed E-state index contributed by atoms with van der Waals surface area (Å²) in [6.07, 6.45) is 3.61. The fourth-order valence-electron chi connectivity index (χ4n) is 3.51. The first-order valence-corrected chi connectivity index (χ1v) is 10.5. The number of carbonyl (C=O) groups is 1. The summed E-state index contributed by atoms with van der Waals surface area (Å²) in [7, 11) is 0. The molecule has 0 saturated heterocycles. The van der Waals surface area contributed by atoms with Crippen molar-refractivity contribution in [3.63, 3.8) is 0 Å². The summed E-state index contributed by atoms with van der Waals surface area (Å²) in [5.74, 6) is 0.433. The molecule has 1 aliphatic rings. The molecular formula is C23H35N3O3. The molecule has 0 aliphatic carbocycles. The van der Waals surface area contributed by atoms with Crippen LogP contribution >= 0.6 is 0 Å². The molecule has 0 aromatic heterocycles. The van der Waals surface area contributed by atoms with Crippen molar-refractivity contribution in [1.82, 2.24) is 10.6 Å². The minimum absolute atomic E-state index is 0.0331. The molecule has 0 spiro atoms. The molecule has 0 radical (unpaired) electrons. The van der Waals surface area contributed by atoms with Crippen LogP contribution < -0.4 is 10.6 Å². The maximum absolute atomic E-state index is 12.4. The maximum atomic E-state index is 12.4. The van der Waals surface area contributed by atoms with Crippen LogP contribution in [0.1, 0.15) is 70.5 Å². The highest BCUT2D eigenvalue weighted by atomic mass is 16.6. The number of ether oxygens (including phenoxy) is 2. The third kappa shape index (κ3) is 8.84. The van der Waals surface area contributed by atoms with Gasteiger partial charge in [0, 0.05) is 6.04 Å². The first kappa shape index (κ1) is 23.2. The fourth-order valence-corrected chi connectivity index (χ4v) is 3.51. The Morgan fingerprint density at radius 2 is 2.17 bits per heavy atom. The van der Waals surface area contributed by atoms with E-state index in [1.807, 2.05) is 26.8 Å². The number of nitrogens with zero attached hydrogens (tertiary/aromatic N) is 1. The van der Waals surface area contributed by atoms with E-state index >= 15 is 0 Å². The normalized spacial score (nSPS) is 24.0. The summed E-state index contributed by atoms with van der Waals surface area (Å²) >= 11 is 0. The number of nitriles is 1. The molecule has 0 saturated carbocycles.